The highest BCUT2D eigenvalue weighted by atomic mass is 35.5. The number of ether oxygens (including phenoxy) is 2. The number of aromatic nitrogens is 2. The summed E-state index contributed by atoms with van der Waals surface area (Å²) in [7, 11) is 1.68. The predicted molar refractivity (Wildman–Crippen MR) is 84.3 cm³/mol. The molecular weight excluding hydrogens is 288 g/mol. The summed E-state index contributed by atoms with van der Waals surface area (Å²) >= 11 is 5.94. The number of alkyl halides is 1. The van der Waals surface area contributed by atoms with Gasteiger partial charge < -0.3 is 14.0 Å². The minimum atomic E-state index is 0.552. The fraction of sp³-hybridized carbons (Fsp3) is 0.562. The van der Waals surface area contributed by atoms with Crippen molar-refractivity contribution in [3.8, 4) is 5.75 Å². The van der Waals surface area contributed by atoms with Crippen LogP contribution in [0.4, 0.5) is 0 Å². The molecule has 2 aromatic rings. The van der Waals surface area contributed by atoms with Gasteiger partial charge in [0.2, 0.25) is 0 Å². The summed E-state index contributed by atoms with van der Waals surface area (Å²) < 4.78 is 13.3. The van der Waals surface area contributed by atoms with E-state index in [0.29, 0.717) is 11.8 Å². The number of benzene rings is 1. The first-order chi connectivity index (χ1) is 10.3. The number of fused-ring (bicyclic) bond motifs is 1. The Bertz CT molecular complexity index is 606. The molecule has 1 unspecified atom stereocenters. The van der Waals surface area contributed by atoms with Crippen LogP contribution in [0.5, 0.6) is 5.75 Å². The molecule has 114 valence electrons. The van der Waals surface area contributed by atoms with E-state index in [0.717, 1.165) is 55.2 Å². The molecule has 2 heterocycles. The Hall–Kier alpha value is -1.26. The van der Waals surface area contributed by atoms with Crippen LogP contribution < -0.4 is 4.74 Å². The van der Waals surface area contributed by atoms with E-state index in [2.05, 4.69) is 10.6 Å². The number of nitrogens with zero attached hydrogens (tertiary/aromatic N) is 2. The Balaban J connectivity index is 1.99. The summed E-state index contributed by atoms with van der Waals surface area (Å²) in [5, 5.41) is 0. The highest BCUT2D eigenvalue weighted by Gasteiger charge is 2.19. The van der Waals surface area contributed by atoms with E-state index >= 15 is 0 Å². The van der Waals surface area contributed by atoms with E-state index in [-0.39, 0.29) is 0 Å². The fourth-order valence-electron chi connectivity index (χ4n) is 3.02. The molecule has 1 aromatic carbocycles. The van der Waals surface area contributed by atoms with Crippen molar-refractivity contribution >= 4 is 22.6 Å². The Morgan fingerprint density at radius 3 is 3.10 bits per heavy atom. The second kappa shape index (κ2) is 6.67. The molecule has 5 heteroatoms. The van der Waals surface area contributed by atoms with Gasteiger partial charge in [-0.1, -0.05) is 6.07 Å². The van der Waals surface area contributed by atoms with Crippen molar-refractivity contribution in [3.05, 3.63) is 24.0 Å². The highest BCUT2D eigenvalue weighted by molar-refractivity contribution is 6.17. The van der Waals surface area contributed by atoms with Gasteiger partial charge in [-0.3, -0.25) is 0 Å². The van der Waals surface area contributed by atoms with Crippen molar-refractivity contribution in [3.63, 3.8) is 0 Å². The summed E-state index contributed by atoms with van der Waals surface area (Å²) in [4.78, 5) is 4.75. The number of hydrogen-bond acceptors (Lipinski definition) is 3. The summed E-state index contributed by atoms with van der Waals surface area (Å²) in [6, 6.07) is 6.07. The van der Waals surface area contributed by atoms with E-state index < -0.39 is 0 Å². The molecule has 1 fully saturated rings. The average molecular weight is 309 g/mol. The van der Waals surface area contributed by atoms with E-state index in [1.165, 1.54) is 6.42 Å². The molecule has 1 saturated heterocycles. The van der Waals surface area contributed by atoms with Crippen molar-refractivity contribution in [2.75, 3.05) is 26.2 Å². The summed E-state index contributed by atoms with van der Waals surface area (Å²) in [6.45, 7) is 2.67. The van der Waals surface area contributed by atoms with Crippen LogP contribution >= 0.6 is 11.6 Å². The van der Waals surface area contributed by atoms with Crippen LogP contribution in [0.25, 0.3) is 11.0 Å². The van der Waals surface area contributed by atoms with Gasteiger partial charge in [0.05, 0.1) is 19.2 Å². The normalized spacial score (nSPS) is 19.0. The third-order valence-electron chi connectivity index (χ3n) is 4.05. The maximum absolute atomic E-state index is 5.94. The van der Waals surface area contributed by atoms with Crippen molar-refractivity contribution in [2.24, 2.45) is 5.92 Å². The number of methoxy groups -OCH3 is 1. The number of rotatable bonds is 5. The van der Waals surface area contributed by atoms with Gasteiger partial charge in [-0.15, -0.1) is 11.6 Å². The molecule has 1 aliphatic heterocycles. The van der Waals surface area contributed by atoms with Crippen LogP contribution in [-0.2, 0) is 17.7 Å². The number of para-hydroxylation sites is 1. The van der Waals surface area contributed by atoms with Crippen LogP contribution in [0.3, 0.4) is 0 Å². The number of imidazole rings is 1. The molecule has 1 aromatic heterocycles. The zero-order valence-electron chi connectivity index (χ0n) is 12.3. The molecule has 0 radical (unpaired) electrons. The lowest BCUT2D eigenvalue weighted by molar-refractivity contribution is 0.0485. The topological polar surface area (TPSA) is 36.3 Å². The average Bonchev–Trinajstić information content (AvgIpc) is 2.87. The minimum absolute atomic E-state index is 0.552. The standard InChI is InChI=1S/C16H21ClN2O2/c1-20-14-6-2-5-13-16(14)18-15(7-8-17)19(13)10-12-4-3-9-21-11-12/h2,5-6,12H,3-4,7-11H2,1H3. The second-order valence-corrected chi connectivity index (χ2v) is 5.87. The number of halogens is 1. The fourth-order valence-corrected chi connectivity index (χ4v) is 3.19. The zero-order chi connectivity index (χ0) is 14.7. The van der Waals surface area contributed by atoms with Gasteiger partial charge in [0.1, 0.15) is 17.1 Å². The number of aryl methyl sites for hydroxylation is 1. The second-order valence-electron chi connectivity index (χ2n) is 5.49. The lowest BCUT2D eigenvalue weighted by Crippen LogP contribution is -2.23. The SMILES string of the molecule is COc1cccc2c1nc(CCCl)n2CC1CCCOC1. The lowest BCUT2D eigenvalue weighted by Gasteiger charge is -2.23. The predicted octanol–water partition coefficient (Wildman–Crippen LogP) is 3.25. The first-order valence-corrected chi connectivity index (χ1v) is 8.02. The van der Waals surface area contributed by atoms with Crippen molar-refractivity contribution in [2.45, 2.75) is 25.8 Å². The van der Waals surface area contributed by atoms with Crippen molar-refractivity contribution in [1.29, 1.82) is 0 Å². The Labute approximate surface area is 130 Å². The maximum atomic E-state index is 5.94. The van der Waals surface area contributed by atoms with E-state index in [1.807, 2.05) is 12.1 Å². The molecule has 0 N–H and O–H groups in total. The van der Waals surface area contributed by atoms with Gasteiger partial charge in [-0.2, -0.15) is 0 Å². The van der Waals surface area contributed by atoms with E-state index in [1.54, 1.807) is 7.11 Å². The van der Waals surface area contributed by atoms with E-state index in [9.17, 15) is 0 Å². The molecular formula is C16H21ClN2O2. The molecule has 4 nitrogen and oxygen atoms in total. The van der Waals surface area contributed by atoms with Crippen LogP contribution in [0, 0.1) is 5.92 Å². The first kappa shape index (κ1) is 14.7. The number of hydrogen-bond donors (Lipinski definition) is 0. The smallest absolute Gasteiger partial charge is 0.146 e. The molecule has 0 spiro atoms. The molecule has 0 amide bonds. The summed E-state index contributed by atoms with van der Waals surface area (Å²) in [5.74, 6) is 2.99. The van der Waals surface area contributed by atoms with E-state index in [4.69, 9.17) is 26.1 Å². The molecule has 1 atom stereocenters. The Morgan fingerprint density at radius 2 is 2.38 bits per heavy atom. The molecule has 21 heavy (non-hydrogen) atoms. The van der Waals surface area contributed by atoms with Crippen molar-refractivity contribution < 1.29 is 9.47 Å². The van der Waals surface area contributed by atoms with Gasteiger partial charge >= 0.3 is 0 Å². The molecule has 0 saturated carbocycles. The summed E-state index contributed by atoms with van der Waals surface area (Å²) in [6.07, 6.45) is 3.13. The lowest BCUT2D eigenvalue weighted by atomic mass is 10.0. The molecule has 0 bridgehead atoms. The van der Waals surface area contributed by atoms with Gasteiger partial charge in [-0.25, -0.2) is 4.98 Å². The third-order valence-corrected chi connectivity index (χ3v) is 4.24. The Kier molecular flexibility index (Phi) is 4.66. The van der Waals surface area contributed by atoms with Crippen LogP contribution in [-0.4, -0.2) is 35.8 Å². The summed E-state index contributed by atoms with van der Waals surface area (Å²) in [5.41, 5.74) is 2.05. The zero-order valence-corrected chi connectivity index (χ0v) is 13.1. The molecule has 0 aliphatic carbocycles. The van der Waals surface area contributed by atoms with Gasteiger partial charge in [0, 0.05) is 31.4 Å². The molecule has 1 aliphatic rings. The van der Waals surface area contributed by atoms with Gasteiger partial charge in [0.25, 0.3) is 0 Å². The monoisotopic (exact) mass is 308 g/mol. The first-order valence-electron chi connectivity index (χ1n) is 7.49. The highest BCUT2D eigenvalue weighted by Crippen LogP contribution is 2.28. The molecule has 3 rings (SSSR count). The van der Waals surface area contributed by atoms with Crippen LogP contribution in [0.15, 0.2) is 18.2 Å². The van der Waals surface area contributed by atoms with Crippen LogP contribution in [0.2, 0.25) is 0 Å². The third kappa shape index (κ3) is 3.01. The van der Waals surface area contributed by atoms with Crippen molar-refractivity contribution in [1.82, 2.24) is 9.55 Å². The van der Waals surface area contributed by atoms with Gasteiger partial charge in [0.15, 0.2) is 0 Å². The quantitative estimate of drug-likeness (QED) is 0.796. The minimum Gasteiger partial charge on any atom is -0.494 e. The Morgan fingerprint density at radius 1 is 1.48 bits per heavy atom. The largest absolute Gasteiger partial charge is 0.494 e. The maximum Gasteiger partial charge on any atom is 0.146 e. The van der Waals surface area contributed by atoms with Gasteiger partial charge in [-0.05, 0) is 25.0 Å². The van der Waals surface area contributed by atoms with Crippen LogP contribution in [0.1, 0.15) is 18.7 Å².